The molecule has 1 aliphatic heterocycles. The molecule has 0 aromatic heterocycles. The van der Waals surface area contributed by atoms with Gasteiger partial charge in [0.05, 0.1) is 19.1 Å². The number of thioether (sulfide) groups is 1. The van der Waals surface area contributed by atoms with Crippen LogP contribution in [0.4, 0.5) is 0 Å². The van der Waals surface area contributed by atoms with Crippen LogP contribution in [0.2, 0.25) is 0 Å². The maximum absolute atomic E-state index is 12.9. The fourth-order valence-corrected chi connectivity index (χ4v) is 4.69. The Kier molecular flexibility index (Phi) is 5.46. The summed E-state index contributed by atoms with van der Waals surface area (Å²) in [5, 5.41) is 0. The van der Waals surface area contributed by atoms with Crippen LogP contribution in [0.25, 0.3) is 6.08 Å². The molecule has 1 aliphatic carbocycles. The number of hydrogen-bond acceptors (Lipinski definition) is 5. The predicted octanol–water partition coefficient (Wildman–Crippen LogP) is 4.24. The van der Waals surface area contributed by atoms with Gasteiger partial charge in [0, 0.05) is 11.6 Å². The van der Waals surface area contributed by atoms with Crippen molar-refractivity contribution in [1.82, 2.24) is 4.90 Å². The summed E-state index contributed by atoms with van der Waals surface area (Å²) >= 11 is 6.85. The molecule has 4 nitrogen and oxygen atoms in total. The van der Waals surface area contributed by atoms with Gasteiger partial charge in [0.25, 0.3) is 5.91 Å². The van der Waals surface area contributed by atoms with E-state index in [1.807, 2.05) is 29.2 Å². The number of hydrogen-bond donors (Lipinski definition) is 0. The molecule has 1 heterocycles. The summed E-state index contributed by atoms with van der Waals surface area (Å²) < 4.78 is 11.4. The first kappa shape index (κ1) is 17.3. The summed E-state index contributed by atoms with van der Waals surface area (Å²) in [7, 11) is 3.20. The van der Waals surface area contributed by atoms with Gasteiger partial charge in [-0.05, 0) is 25.0 Å². The summed E-state index contributed by atoms with van der Waals surface area (Å²) in [5.41, 5.74) is 0.820. The maximum Gasteiger partial charge on any atom is 0.266 e. The molecule has 0 spiro atoms. The number of nitrogens with zero attached hydrogens (tertiary/aromatic N) is 1. The van der Waals surface area contributed by atoms with E-state index in [2.05, 4.69) is 0 Å². The third-order valence-corrected chi connectivity index (χ3v) is 5.81. The van der Waals surface area contributed by atoms with E-state index in [0.717, 1.165) is 18.4 Å². The van der Waals surface area contributed by atoms with Crippen molar-refractivity contribution in [1.29, 1.82) is 0 Å². The lowest BCUT2D eigenvalue weighted by Gasteiger charge is -2.29. The number of ether oxygens (including phenoxy) is 2. The molecule has 0 atom stereocenters. The summed E-state index contributed by atoms with van der Waals surface area (Å²) in [6.07, 6.45) is 7.53. The number of benzene rings is 1. The number of para-hydroxylation sites is 1. The number of methoxy groups -OCH3 is 2. The van der Waals surface area contributed by atoms with Crippen molar-refractivity contribution in [3.63, 3.8) is 0 Å². The number of carbonyl (C=O) groups excluding carboxylic acids is 1. The van der Waals surface area contributed by atoms with E-state index in [4.69, 9.17) is 21.7 Å². The molecular weight excluding hydrogens is 342 g/mol. The van der Waals surface area contributed by atoms with E-state index in [1.54, 1.807) is 14.2 Å². The molecule has 2 fully saturated rings. The second kappa shape index (κ2) is 7.57. The Morgan fingerprint density at radius 2 is 1.96 bits per heavy atom. The van der Waals surface area contributed by atoms with Gasteiger partial charge in [0.15, 0.2) is 11.5 Å². The van der Waals surface area contributed by atoms with E-state index in [0.29, 0.717) is 20.7 Å². The SMILES string of the molecule is COc1cccc(/C=C2\SC(=S)N(C3CCCCC3)C2=O)c1OC. The Morgan fingerprint density at radius 3 is 2.62 bits per heavy atom. The quantitative estimate of drug-likeness (QED) is 0.591. The molecule has 2 aliphatic rings. The van der Waals surface area contributed by atoms with Crippen LogP contribution >= 0.6 is 24.0 Å². The van der Waals surface area contributed by atoms with Crippen molar-refractivity contribution in [2.45, 2.75) is 38.1 Å². The lowest BCUT2D eigenvalue weighted by molar-refractivity contribution is -0.124. The molecule has 0 bridgehead atoms. The summed E-state index contributed by atoms with van der Waals surface area (Å²) in [6, 6.07) is 5.89. The van der Waals surface area contributed by atoms with Gasteiger partial charge < -0.3 is 9.47 Å². The van der Waals surface area contributed by atoms with Gasteiger partial charge in [0.1, 0.15) is 4.32 Å². The lowest BCUT2D eigenvalue weighted by atomic mass is 9.94. The van der Waals surface area contributed by atoms with Crippen LogP contribution in [-0.4, -0.2) is 35.4 Å². The number of rotatable bonds is 4. The highest BCUT2D eigenvalue weighted by molar-refractivity contribution is 8.26. The Morgan fingerprint density at radius 1 is 1.21 bits per heavy atom. The number of thiocarbonyl (C=S) groups is 1. The van der Waals surface area contributed by atoms with E-state index < -0.39 is 0 Å². The molecule has 1 saturated carbocycles. The van der Waals surface area contributed by atoms with Crippen LogP contribution in [0.15, 0.2) is 23.1 Å². The van der Waals surface area contributed by atoms with Crippen molar-refractivity contribution in [2.24, 2.45) is 0 Å². The molecule has 1 amide bonds. The molecule has 128 valence electrons. The monoisotopic (exact) mass is 363 g/mol. The van der Waals surface area contributed by atoms with Crippen LogP contribution in [-0.2, 0) is 4.79 Å². The molecule has 1 saturated heterocycles. The molecule has 1 aromatic carbocycles. The highest BCUT2D eigenvalue weighted by atomic mass is 32.2. The van der Waals surface area contributed by atoms with E-state index in [9.17, 15) is 4.79 Å². The molecule has 0 radical (unpaired) electrons. The summed E-state index contributed by atoms with van der Waals surface area (Å²) in [4.78, 5) is 15.3. The fourth-order valence-electron chi connectivity index (χ4n) is 3.30. The molecule has 1 aromatic rings. The second-order valence-electron chi connectivity index (χ2n) is 5.93. The Bertz CT molecular complexity index is 681. The first-order chi connectivity index (χ1) is 11.7. The zero-order chi connectivity index (χ0) is 17.1. The normalized spacial score (nSPS) is 20.8. The van der Waals surface area contributed by atoms with Crippen molar-refractivity contribution in [3.8, 4) is 11.5 Å². The zero-order valence-corrected chi connectivity index (χ0v) is 15.5. The number of amides is 1. The molecular formula is C18H21NO3S2. The molecule has 0 unspecified atom stereocenters. The standard InChI is InChI=1S/C18H21NO3S2/c1-21-14-10-6-7-12(16(14)22-2)11-15-17(20)19(18(23)24-15)13-8-4-3-5-9-13/h6-7,10-11,13H,3-5,8-9H2,1-2H3/b15-11-. The predicted molar refractivity (Wildman–Crippen MR) is 101 cm³/mol. The van der Waals surface area contributed by atoms with Gasteiger partial charge in [-0.25, -0.2) is 0 Å². The first-order valence-corrected chi connectivity index (χ1v) is 9.36. The minimum atomic E-state index is 0.0155. The van der Waals surface area contributed by atoms with Gasteiger partial charge in [-0.1, -0.05) is 55.4 Å². The van der Waals surface area contributed by atoms with E-state index in [1.165, 1.54) is 31.0 Å². The van der Waals surface area contributed by atoms with Crippen molar-refractivity contribution in [2.75, 3.05) is 14.2 Å². The third kappa shape index (κ3) is 3.30. The van der Waals surface area contributed by atoms with Crippen molar-refractivity contribution in [3.05, 3.63) is 28.7 Å². The Balaban J connectivity index is 1.89. The molecule has 6 heteroatoms. The highest BCUT2D eigenvalue weighted by Gasteiger charge is 2.37. The van der Waals surface area contributed by atoms with Crippen molar-refractivity contribution < 1.29 is 14.3 Å². The van der Waals surface area contributed by atoms with Crippen LogP contribution in [0.5, 0.6) is 11.5 Å². The topological polar surface area (TPSA) is 38.8 Å². The molecule has 0 N–H and O–H groups in total. The highest BCUT2D eigenvalue weighted by Crippen LogP contribution is 2.39. The lowest BCUT2D eigenvalue weighted by Crippen LogP contribution is -2.39. The van der Waals surface area contributed by atoms with Gasteiger partial charge in [0.2, 0.25) is 0 Å². The smallest absolute Gasteiger partial charge is 0.266 e. The van der Waals surface area contributed by atoms with Gasteiger partial charge in [-0.3, -0.25) is 9.69 Å². The zero-order valence-electron chi connectivity index (χ0n) is 13.9. The largest absolute Gasteiger partial charge is 0.493 e. The van der Waals surface area contributed by atoms with Gasteiger partial charge in [-0.2, -0.15) is 0 Å². The van der Waals surface area contributed by atoms with Crippen LogP contribution < -0.4 is 9.47 Å². The van der Waals surface area contributed by atoms with E-state index in [-0.39, 0.29) is 11.9 Å². The number of carbonyl (C=O) groups is 1. The van der Waals surface area contributed by atoms with Gasteiger partial charge in [-0.15, -0.1) is 0 Å². The Labute approximate surface area is 152 Å². The average Bonchev–Trinajstić information content (AvgIpc) is 2.89. The maximum atomic E-state index is 12.9. The van der Waals surface area contributed by atoms with Crippen LogP contribution in [0, 0.1) is 0 Å². The third-order valence-electron chi connectivity index (χ3n) is 4.48. The second-order valence-corrected chi connectivity index (χ2v) is 7.60. The molecule has 24 heavy (non-hydrogen) atoms. The van der Waals surface area contributed by atoms with Gasteiger partial charge >= 0.3 is 0 Å². The Hall–Kier alpha value is -1.53. The van der Waals surface area contributed by atoms with E-state index >= 15 is 0 Å². The first-order valence-electron chi connectivity index (χ1n) is 8.13. The minimum Gasteiger partial charge on any atom is -0.493 e. The molecule has 3 rings (SSSR count). The minimum absolute atomic E-state index is 0.0155. The fraction of sp³-hybridized carbons (Fsp3) is 0.444. The van der Waals surface area contributed by atoms with Crippen LogP contribution in [0.3, 0.4) is 0 Å². The van der Waals surface area contributed by atoms with Crippen molar-refractivity contribution >= 4 is 40.3 Å². The van der Waals surface area contributed by atoms with Crippen LogP contribution in [0.1, 0.15) is 37.7 Å². The summed E-state index contributed by atoms with van der Waals surface area (Å²) in [6.45, 7) is 0. The summed E-state index contributed by atoms with van der Waals surface area (Å²) in [5.74, 6) is 1.29. The average molecular weight is 364 g/mol.